The molecule has 2 amide bonds. The smallest absolute Gasteiger partial charge is 0.315 e. The third-order valence-electron chi connectivity index (χ3n) is 3.76. The van der Waals surface area contributed by atoms with Crippen molar-refractivity contribution in [1.82, 2.24) is 15.4 Å². The summed E-state index contributed by atoms with van der Waals surface area (Å²) in [5, 5.41) is 5.59. The van der Waals surface area contributed by atoms with Crippen LogP contribution < -0.4 is 20.3 Å². The number of carbonyl (C=O) groups excluding carboxylic acids is 1. The van der Waals surface area contributed by atoms with E-state index in [0.717, 1.165) is 25.2 Å². The van der Waals surface area contributed by atoms with Crippen molar-refractivity contribution in [3.05, 3.63) is 30.3 Å². The van der Waals surface area contributed by atoms with Crippen molar-refractivity contribution in [2.24, 2.45) is 0 Å². The van der Waals surface area contributed by atoms with E-state index in [1.165, 1.54) is 0 Å². The molecule has 2 rings (SSSR count). The number of sulfonamides is 1. The van der Waals surface area contributed by atoms with Gasteiger partial charge in [-0.1, -0.05) is 18.2 Å². The van der Waals surface area contributed by atoms with Gasteiger partial charge in [-0.3, -0.25) is 0 Å². The maximum absolute atomic E-state index is 11.8. The molecule has 1 aliphatic rings. The monoisotopic (exact) mass is 340 g/mol. The number of nitrogens with zero attached hydrogens (tertiary/aromatic N) is 1. The Morgan fingerprint density at radius 3 is 2.70 bits per heavy atom. The van der Waals surface area contributed by atoms with Gasteiger partial charge in [-0.2, -0.15) is 0 Å². The van der Waals surface area contributed by atoms with Gasteiger partial charge in [0.25, 0.3) is 0 Å². The zero-order valence-corrected chi connectivity index (χ0v) is 14.1. The minimum atomic E-state index is -3.21. The van der Waals surface area contributed by atoms with Crippen molar-refractivity contribution >= 4 is 21.7 Å². The fourth-order valence-corrected chi connectivity index (χ4v) is 3.09. The second-order valence-electron chi connectivity index (χ2n) is 5.47. The van der Waals surface area contributed by atoms with Crippen molar-refractivity contribution in [2.75, 3.05) is 36.8 Å². The van der Waals surface area contributed by atoms with Crippen LogP contribution in [0.5, 0.6) is 0 Å². The fourth-order valence-electron chi connectivity index (χ4n) is 2.47. The Balaban J connectivity index is 1.67. The molecule has 1 saturated heterocycles. The first-order chi connectivity index (χ1) is 11.0. The van der Waals surface area contributed by atoms with Gasteiger partial charge in [-0.15, -0.1) is 0 Å². The highest BCUT2D eigenvalue weighted by molar-refractivity contribution is 7.89. The van der Waals surface area contributed by atoms with Gasteiger partial charge in [0.15, 0.2) is 0 Å². The summed E-state index contributed by atoms with van der Waals surface area (Å²) in [6.07, 6.45) is 0.894. The molecule has 1 fully saturated rings. The van der Waals surface area contributed by atoms with Crippen molar-refractivity contribution in [3.63, 3.8) is 0 Å². The van der Waals surface area contributed by atoms with Gasteiger partial charge < -0.3 is 15.5 Å². The van der Waals surface area contributed by atoms with E-state index < -0.39 is 10.0 Å². The third-order valence-corrected chi connectivity index (χ3v) is 5.16. The third kappa shape index (κ3) is 5.72. The lowest BCUT2D eigenvalue weighted by atomic mass is 10.3. The number of nitrogens with one attached hydrogen (secondary N) is 3. The van der Waals surface area contributed by atoms with Gasteiger partial charge in [0, 0.05) is 37.9 Å². The molecular formula is C15H24N4O3S. The van der Waals surface area contributed by atoms with Gasteiger partial charge in [-0.25, -0.2) is 17.9 Å². The van der Waals surface area contributed by atoms with E-state index in [2.05, 4.69) is 32.4 Å². The zero-order valence-electron chi connectivity index (χ0n) is 13.3. The highest BCUT2D eigenvalue weighted by Crippen LogP contribution is 2.19. The van der Waals surface area contributed by atoms with Crippen LogP contribution >= 0.6 is 0 Å². The van der Waals surface area contributed by atoms with Gasteiger partial charge in [-0.05, 0) is 25.5 Å². The molecule has 1 aliphatic heterocycles. The lowest BCUT2D eigenvalue weighted by molar-refractivity contribution is 0.238. The number of amides is 2. The van der Waals surface area contributed by atoms with E-state index in [-0.39, 0.29) is 30.9 Å². The fraction of sp³-hybridized carbons (Fsp3) is 0.533. The molecule has 8 heteroatoms. The first-order valence-electron chi connectivity index (χ1n) is 7.82. The summed E-state index contributed by atoms with van der Waals surface area (Å²) < 4.78 is 24.9. The molecule has 0 saturated carbocycles. The van der Waals surface area contributed by atoms with E-state index in [0.29, 0.717) is 0 Å². The van der Waals surface area contributed by atoms with Crippen molar-refractivity contribution in [3.8, 4) is 0 Å². The summed E-state index contributed by atoms with van der Waals surface area (Å²) in [5.74, 6) is 0.0383. The maximum Gasteiger partial charge on any atom is 0.315 e. The van der Waals surface area contributed by atoms with Crippen LogP contribution in [0.2, 0.25) is 0 Å². The molecule has 0 radical (unpaired) electrons. The van der Waals surface area contributed by atoms with Crippen molar-refractivity contribution in [1.29, 1.82) is 0 Å². The summed E-state index contributed by atoms with van der Waals surface area (Å²) in [7, 11) is -3.21. The molecule has 0 unspecified atom stereocenters. The summed E-state index contributed by atoms with van der Waals surface area (Å²) in [4.78, 5) is 14.1. The zero-order chi connectivity index (χ0) is 16.7. The standard InChI is InChI=1S/C15H24N4O3S/c1-2-23(21,22)17-10-9-16-15(20)18-13-8-11-19(12-13)14-6-4-3-5-7-14/h3-7,13,17H,2,8-12H2,1H3,(H2,16,18,20)/t13-/m1/s1. The van der Waals surface area contributed by atoms with E-state index in [9.17, 15) is 13.2 Å². The number of anilines is 1. The summed E-state index contributed by atoms with van der Waals surface area (Å²) >= 11 is 0. The van der Waals surface area contributed by atoms with E-state index in [1.54, 1.807) is 6.92 Å². The maximum atomic E-state index is 11.8. The largest absolute Gasteiger partial charge is 0.369 e. The van der Waals surface area contributed by atoms with Crippen molar-refractivity contribution in [2.45, 2.75) is 19.4 Å². The lowest BCUT2D eigenvalue weighted by Crippen LogP contribution is -2.45. The Morgan fingerprint density at radius 2 is 2.00 bits per heavy atom. The van der Waals surface area contributed by atoms with E-state index >= 15 is 0 Å². The number of benzene rings is 1. The van der Waals surface area contributed by atoms with Gasteiger partial charge >= 0.3 is 6.03 Å². The number of hydrogen-bond donors (Lipinski definition) is 3. The Kier molecular flexibility index (Phi) is 6.23. The van der Waals surface area contributed by atoms with E-state index in [4.69, 9.17) is 0 Å². The molecular weight excluding hydrogens is 316 g/mol. The molecule has 0 spiro atoms. The highest BCUT2D eigenvalue weighted by atomic mass is 32.2. The average Bonchev–Trinajstić information content (AvgIpc) is 3.01. The minimum absolute atomic E-state index is 0.0383. The number of para-hydroxylation sites is 1. The molecule has 0 aliphatic carbocycles. The van der Waals surface area contributed by atoms with Gasteiger partial charge in [0.2, 0.25) is 10.0 Å². The van der Waals surface area contributed by atoms with Crippen LogP contribution in [0.3, 0.4) is 0 Å². The Morgan fingerprint density at radius 1 is 1.26 bits per heavy atom. The average molecular weight is 340 g/mol. The molecule has 0 bridgehead atoms. The highest BCUT2D eigenvalue weighted by Gasteiger charge is 2.23. The first-order valence-corrected chi connectivity index (χ1v) is 9.47. The summed E-state index contributed by atoms with van der Waals surface area (Å²) in [6.45, 7) is 3.72. The molecule has 23 heavy (non-hydrogen) atoms. The van der Waals surface area contributed by atoms with Crippen LogP contribution in [-0.2, 0) is 10.0 Å². The molecule has 1 heterocycles. The number of rotatable bonds is 7. The normalized spacial score (nSPS) is 18.0. The minimum Gasteiger partial charge on any atom is -0.369 e. The number of carbonyl (C=O) groups is 1. The number of hydrogen-bond acceptors (Lipinski definition) is 4. The molecule has 128 valence electrons. The molecule has 1 atom stereocenters. The van der Waals surface area contributed by atoms with Crippen LogP contribution in [0.15, 0.2) is 30.3 Å². The summed E-state index contributed by atoms with van der Waals surface area (Å²) in [5.41, 5.74) is 1.16. The second-order valence-corrected chi connectivity index (χ2v) is 7.56. The first kappa shape index (κ1) is 17.6. The second kappa shape index (κ2) is 8.16. The van der Waals surface area contributed by atoms with Crippen LogP contribution in [0.25, 0.3) is 0 Å². The van der Waals surface area contributed by atoms with Gasteiger partial charge in [0.05, 0.1) is 5.75 Å². The van der Waals surface area contributed by atoms with Crippen LogP contribution in [0.4, 0.5) is 10.5 Å². The Labute approximate surface area is 137 Å². The predicted octanol–water partition coefficient (Wildman–Crippen LogP) is 0.504. The molecule has 1 aromatic rings. The van der Waals surface area contributed by atoms with Crippen molar-refractivity contribution < 1.29 is 13.2 Å². The van der Waals surface area contributed by atoms with Crippen LogP contribution in [-0.4, -0.2) is 52.4 Å². The van der Waals surface area contributed by atoms with E-state index in [1.807, 2.05) is 18.2 Å². The van der Waals surface area contributed by atoms with Crippen LogP contribution in [0.1, 0.15) is 13.3 Å². The Bertz CT molecular complexity index is 606. The SMILES string of the molecule is CCS(=O)(=O)NCCNC(=O)N[C@@H]1CCN(c2ccccc2)C1. The lowest BCUT2D eigenvalue weighted by Gasteiger charge is -2.19. The van der Waals surface area contributed by atoms with Crippen LogP contribution in [0, 0.1) is 0 Å². The summed E-state index contributed by atoms with van der Waals surface area (Å²) in [6, 6.07) is 9.93. The molecule has 7 nitrogen and oxygen atoms in total. The number of urea groups is 1. The quantitative estimate of drug-likeness (QED) is 0.631. The molecule has 1 aromatic carbocycles. The molecule has 0 aromatic heterocycles. The molecule has 3 N–H and O–H groups in total. The Hall–Kier alpha value is -1.80. The topological polar surface area (TPSA) is 90.5 Å². The van der Waals surface area contributed by atoms with Gasteiger partial charge in [0.1, 0.15) is 0 Å². The predicted molar refractivity (Wildman–Crippen MR) is 91.1 cm³/mol.